The summed E-state index contributed by atoms with van der Waals surface area (Å²) in [5.74, 6) is 0. The second-order valence-electron chi connectivity index (χ2n) is 2.54. The van der Waals surface area contributed by atoms with Crippen LogP contribution in [-0.4, -0.2) is 22.6 Å². The van der Waals surface area contributed by atoms with Gasteiger partial charge in [0.2, 0.25) is 9.84 Å². The van der Waals surface area contributed by atoms with E-state index in [0.717, 1.165) is 6.07 Å². The number of rotatable bonds is 3. The third-order valence-corrected chi connectivity index (χ3v) is 4.01. The van der Waals surface area contributed by atoms with Gasteiger partial charge < -0.3 is 0 Å². The Kier molecular flexibility index (Phi) is 3.78. The van der Waals surface area contributed by atoms with Gasteiger partial charge in [-0.05, 0) is 23.7 Å². The van der Waals surface area contributed by atoms with E-state index in [4.69, 9.17) is 11.6 Å². The summed E-state index contributed by atoms with van der Waals surface area (Å²) in [6.45, 7) is 0. The minimum absolute atomic E-state index is 0.0713. The minimum atomic E-state index is -3.75. The third kappa shape index (κ3) is 2.98. The fraction of sp³-hybridized carbons (Fsp3) is 0. The first kappa shape index (κ1) is 12.1. The van der Waals surface area contributed by atoms with Crippen molar-refractivity contribution in [2.75, 3.05) is 0 Å². The minimum Gasteiger partial charge on any atom is -0.276 e. The van der Waals surface area contributed by atoms with E-state index in [9.17, 15) is 17.4 Å². The van der Waals surface area contributed by atoms with Crippen molar-refractivity contribution in [1.82, 2.24) is 0 Å². The second kappa shape index (κ2) is 4.69. The van der Waals surface area contributed by atoms with E-state index < -0.39 is 15.1 Å². The van der Waals surface area contributed by atoms with Crippen molar-refractivity contribution in [3.05, 3.63) is 29.8 Å². The molecule has 80 valence electrons. The van der Waals surface area contributed by atoms with E-state index in [1.807, 2.05) is 0 Å². The van der Waals surface area contributed by atoms with E-state index in [1.54, 1.807) is 0 Å². The number of hydrogen-bond acceptors (Lipinski definition) is 4. The van der Waals surface area contributed by atoms with Gasteiger partial charge in [-0.1, -0.05) is 12.1 Å². The number of sulfone groups is 1. The normalized spacial score (nSPS) is 10.7. The molecule has 0 N–H and O–H groups in total. The van der Waals surface area contributed by atoms with Crippen LogP contribution in [0.1, 0.15) is 10.4 Å². The molecule has 0 heterocycles. The molecule has 0 amide bonds. The lowest BCUT2D eigenvalue weighted by Gasteiger charge is -1.98. The number of carbonyl (C=O) groups is 1. The maximum absolute atomic E-state index is 11.4. The van der Waals surface area contributed by atoms with Gasteiger partial charge >= 0.3 is 0 Å². The summed E-state index contributed by atoms with van der Waals surface area (Å²) in [7, 11) is -3.75. The van der Waals surface area contributed by atoms with E-state index in [2.05, 4.69) is 0 Å². The largest absolute Gasteiger partial charge is 0.276 e. The Morgan fingerprint density at radius 3 is 2.60 bits per heavy atom. The molecular formula is C8H5ClO4S2. The van der Waals surface area contributed by atoms with Crippen molar-refractivity contribution in [1.29, 1.82) is 0 Å². The first-order valence-electron chi connectivity index (χ1n) is 3.64. The third-order valence-electron chi connectivity index (χ3n) is 1.56. The number of benzene rings is 1. The van der Waals surface area contributed by atoms with E-state index in [1.165, 1.54) is 18.2 Å². The Morgan fingerprint density at radius 1 is 1.40 bits per heavy atom. The molecule has 15 heavy (non-hydrogen) atoms. The lowest BCUT2D eigenvalue weighted by Crippen LogP contribution is -2.03. The molecular weight excluding hydrogens is 260 g/mol. The average molecular weight is 265 g/mol. The van der Waals surface area contributed by atoms with Crippen LogP contribution in [0.2, 0.25) is 0 Å². The standard InChI is InChI=1S/C8H5ClO4S2/c9-8(10)6-2-1-3-7(4-6)15(12,13)5-14-11/h1-5H. The van der Waals surface area contributed by atoms with Crippen LogP contribution in [0.4, 0.5) is 0 Å². The van der Waals surface area contributed by atoms with Crippen LogP contribution >= 0.6 is 11.6 Å². The molecule has 0 fully saturated rings. The van der Waals surface area contributed by atoms with Crippen molar-refractivity contribution in [3.8, 4) is 0 Å². The van der Waals surface area contributed by atoms with Gasteiger partial charge in [-0.15, -0.1) is 0 Å². The first-order valence-corrected chi connectivity index (χ1v) is 6.37. The van der Waals surface area contributed by atoms with Crippen LogP contribution in [0.25, 0.3) is 0 Å². The Morgan fingerprint density at radius 2 is 2.07 bits per heavy atom. The molecule has 0 aliphatic carbocycles. The molecule has 0 radical (unpaired) electrons. The quantitative estimate of drug-likeness (QED) is 0.599. The summed E-state index contributed by atoms with van der Waals surface area (Å²) in [5, 5.41) is -0.748. The molecule has 1 aromatic rings. The summed E-state index contributed by atoms with van der Waals surface area (Å²) >= 11 is 5.03. The van der Waals surface area contributed by atoms with E-state index in [-0.39, 0.29) is 21.7 Å². The van der Waals surface area contributed by atoms with Crippen molar-refractivity contribution >= 4 is 42.6 Å². The monoisotopic (exact) mass is 264 g/mol. The smallest absolute Gasteiger partial charge is 0.252 e. The van der Waals surface area contributed by atoms with Gasteiger partial charge in [-0.25, -0.2) is 12.6 Å². The lowest BCUT2D eigenvalue weighted by atomic mass is 10.2. The summed E-state index contributed by atoms with van der Waals surface area (Å²) in [4.78, 5) is 10.6. The maximum Gasteiger partial charge on any atom is 0.252 e. The van der Waals surface area contributed by atoms with Crippen LogP contribution in [0.15, 0.2) is 29.2 Å². The Balaban J connectivity index is 3.34. The van der Waals surface area contributed by atoms with Gasteiger partial charge in [0, 0.05) is 5.56 Å². The molecule has 7 heteroatoms. The highest BCUT2D eigenvalue weighted by molar-refractivity contribution is 8.12. The Labute approximate surface area is 94.9 Å². The predicted molar refractivity (Wildman–Crippen MR) is 58.0 cm³/mol. The molecule has 0 atom stereocenters. The van der Waals surface area contributed by atoms with Gasteiger partial charge in [0.25, 0.3) is 5.24 Å². The maximum atomic E-state index is 11.4. The zero-order chi connectivity index (χ0) is 11.5. The summed E-state index contributed by atoms with van der Waals surface area (Å²) in [6.07, 6.45) is 0. The first-order chi connectivity index (χ1) is 6.97. The summed E-state index contributed by atoms with van der Waals surface area (Å²) in [5.41, 5.74) is 0.0713. The highest BCUT2D eigenvalue weighted by Gasteiger charge is 2.12. The van der Waals surface area contributed by atoms with Crippen molar-refractivity contribution in [2.24, 2.45) is 0 Å². The van der Waals surface area contributed by atoms with E-state index in [0.29, 0.717) is 4.70 Å². The van der Waals surface area contributed by atoms with E-state index >= 15 is 0 Å². The van der Waals surface area contributed by atoms with Crippen molar-refractivity contribution < 1.29 is 17.4 Å². The Bertz CT molecular complexity index is 544. The molecule has 0 aromatic heterocycles. The highest BCUT2D eigenvalue weighted by Crippen LogP contribution is 2.13. The second-order valence-corrected chi connectivity index (χ2v) is 5.41. The molecule has 1 aromatic carbocycles. The SMILES string of the molecule is O=S=CS(=O)(=O)c1cccc(C(=O)Cl)c1. The molecule has 0 saturated carbocycles. The lowest BCUT2D eigenvalue weighted by molar-refractivity contribution is 0.108. The highest BCUT2D eigenvalue weighted by atomic mass is 35.5. The van der Waals surface area contributed by atoms with Gasteiger partial charge in [0.1, 0.15) is 16.0 Å². The van der Waals surface area contributed by atoms with Crippen molar-refractivity contribution in [2.45, 2.75) is 4.90 Å². The fourth-order valence-corrected chi connectivity index (χ4v) is 2.44. The van der Waals surface area contributed by atoms with Crippen molar-refractivity contribution in [3.63, 3.8) is 0 Å². The zero-order valence-electron chi connectivity index (χ0n) is 7.21. The number of halogens is 1. The molecule has 4 nitrogen and oxygen atoms in total. The predicted octanol–water partition coefficient (Wildman–Crippen LogP) is 0.812. The number of carbonyl (C=O) groups excluding carboxylic acids is 1. The summed E-state index contributed by atoms with van der Waals surface area (Å²) < 4.78 is 33.4. The van der Waals surface area contributed by atoms with Crippen LogP contribution < -0.4 is 0 Å². The number of hydrogen-bond donors (Lipinski definition) is 0. The molecule has 0 aliphatic heterocycles. The molecule has 0 unspecified atom stereocenters. The zero-order valence-corrected chi connectivity index (χ0v) is 9.60. The molecule has 0 spiro atoms. The van der Waals surface area contributed by atoms with Gasteiger partial charge in [-0.2, -0.15) is 0 Å². The topological polar surface area (TPSA) is 68.3 Å². The fourth-order valence-electron chi connectivity index (χ4n) is 0.903. The summed E-state index contributed by atoms with van der Waals surface area (Å²) in [6, 6.07) is 5.17. The van der Waals surface area contributed by atoms with Crippen LogP contribution in [0.3, 0.4) is 0 Å². The van der Waals surface area contributed by atoms with Crippen LogP contribution in [0.5, 0.6) is 0 Å². The van der Waals surface area contributed by atoms with Gasteiger partial charge in [0.15, 0.2) is 0 Å². The van der Waals surface area contributed by atoms with Crippen LogP contribution in [-0.2, 0) is 21.1 Å². The average Bonchev–Trinajstić information content (AvgIpc) is 2.18. The molecule has 0 bridgehead atoms. The molecule has 0 saturated heterocycles. The van der Waals surface area contributed by atoms with Crippen LogP contribution in [0, 0.1) is 0 Å². The molecule has 0 aliphatic rings. The van der Waals surface area contributed by atoms with Gasteiger partial charge in [-0.3, -0.25) is 4.79 Å². The molecule has 1 rings (SSSR count). The van der Waals surface area contributed by atoms with Gasteiger partial charge in [0.05, 0.1) is 4.90 Å². The Hall–Kier alpha value is -0.980.